The molecule has 10 nitrogen and oxygen atoms in total. The SMILES string of the molecule is COc1ccc(NS(=O)(=O)c2ccc(OCC(=O)Nc3cccc(-c4nc(C)cc(=O)[nH]4)c3)cc2)cc1. The Balaban J connectivity index is 1.34. The molecule has 0 saturated heterocycles. The van der Waals surface area contributed by atoms with E-state index in [4.69, 9.17) is 9.47 Å². The van der Waals surface area contributed by atoms with Crippen LogP contribution < -0.4 is 25.1 Å². The molecule has 0 radical (unpaired) electrons. The molecule has 3 N–H and O–H groups in total. The number of hydrogen-bond acceptors (Lipinski definition) is 7. The second-order valence-electron chi connectivity index (χ2n) is 7.96. The number of aromatic nitrogens is 2. The van der Waals surface area contributed by atoms with Crippen LogP contribution in [0.25, 0.3) is 11.4 Å². The maximum atomic E-state index is 12.6. The summed E-state index contributed by atoms with van der Waals surface area (Å²) in [5.74, 6) is 0.921. The zero-order chi connectivity index (χ0) is 26.4. The number of sulfonamides is 1. The van der Waals surface area contributed by atoms with E-state index in [1.807, 2.05) is 0 Å². The van der Waals surface area contributed by atoms with E-state index in [1.54, 1.807) is 55.5 Å². The van der Waals surface area contributed by atoms with E-state index >= 15 is 0 Å². The minimum atomic E-state index is -3.81. The quantitative estimate of drug-likeness (QED) is 0.307. The number of hydrogen-bond donors (Lipinski definition) is 3. The van der Waals surface area contributed by atoms with Gasteiger partial charge in [-0.15, -0.1) is 0 Å². The summed E-state index contributed by atoms with van der Waals surface area (Å²) in [5.41, 5.74) is 1.85. The van der Waals surface area contributed by atoms with Crippen molar-refractivity contribution in [2.45, 2.75) is 11.8 Å². The van der Waals surface area contributed by atoms with Crippen molar-refractivity contribution < 1.29 is 22.7 Å². The Morgan fingerprint density at radius 2 is 1.65 bits per heavy atom. The molecule has 0 bridgehead atoms. The zero-order valence-corrected chi connectivity index (χ0v) is 20.8. The van der Waals surface area contributed by atoms with E-state index in [1.165, 1.54) is 37.4 Å². The Morgan fingerprint density at radius 3 is 2.32 bits per heavy atom. The maximum Gasteiger partial charge on any atom is 0.262 e. The zero-order valence-electron chi connectivity index (χ0n) is 20.0. The van der Waals surface area contributed by atoms with Gasteiger partial charge in [-0.25, -0.2) is 13.4 Å². The lowest BCUT2D eigenvalue weighted by atomic mass is 10.2. The first kappa shape index (κ1) is 25.5. The fourth-order valence-electron chi connectivity index (χ4n) is 3.39. The van der Waals surface area contributed by atoms with Crippen LogP contribution in [0.15, 0.2) is 88.6 Å². The number of benzene rings is 3. The summed E-state index contributed by atoms with van der Waals surface area (Å²) in [6.07, 6.45) is 0. The van der Waals surface area contributed by atoms with Crippen LogP contribution in [0.2, 0.25) is 0 Å². The molecule has 3 aromatic carbocycles. The van der Waals surface area contributed by atoms with Crippen molar-refractivity contribution in [2.24, 2.45) is 0 Å². The molecule has 190 valence electrons. The Labute approximate surface area is 213 Å². The third-order valence-electron chi connectivity index (χ3n) is 5.14. The van der Waals surface area contributed by atoms with Gasteiger partial charge in [0, 0.05) is 28.7 Å². The molecule has 0 aliphatic heterocycles. The smallest absolute Gasteiger partial charge is 0.262 e. The number of amides is 1. The van der Waals surface area contributed by atoms with E-state index in [-0.39, 0.29) is 17.1 Å². The minimum Gasteiger partial charge on any atom is -0.497 e. The van der Waals surface area contributed by atoms with E-state index in [0.717, 1.165) is 0 Å². The van der Waals surface area contributed by atoms with Crippen molar-refractivity contribution in [3.8, 4) is 22.9 Å². The van der Waals surface area contributed by atoms with Crippen LogP contribution in [-0.2, 0) is 14.8 Å². The van der Waals surface area contributed by atoms with Crippen LogP contribution in [0.3, 0.4) is 0 Å². The van der Waals surface area contributed by atoms with Crippen molar-refractivity contribution in [2.75, 3.05) is 23.8 Å². The molecular weight excluding hydrogens is 496 g/mol. The van der Waals surface area contributed by atoms with Crippen molar-refractivity contribution in [3.05, 3.63) is 94.9 Å². The summed E-state index contributed by atoms with van der Waals surface area (Å²) in [7, 11) is -2.28. The summed E-state index contributed by atoms with van der Waals surface area (Å²) >= 11 is 0. The Bertz CT molecular complexity index is 1570. The van der Waals surface area contributed by atoms with Crippen molar-refractivity contribution >= 4 is 27.3 Å². The topological polar surface area (TPSA) is 139 Å². The molecule has 37 heavy (non-hydrogen) atoms. The highest BCUT2D eigenvalue weighted by Gasteiger charge is 2.15. The van der Waals surface area contributed by atoms with Crippen LogP contribution in [0.5, 0.6) is 11.5 Å². The lowest BCUT2D eigenvalue weighted by Crippen LogP contribution is -2.20. The van der Waals surface area contributed by atoms with Gasteiger partial charge in [0.1, 0.15) is 17.3 Å². The minimum absolute atomic E-state index is 0.0414. The highest BCUT2D eigenvalue weighted by molar-refractivity contribution is 7.92. The molecule has 0 aliphatic carbocycles. The Hall–Kier alpha value is -4.64. The molecule has 0 spiro atoms. The lowest BCUT2D eigenvalue weighted by molar-refractivity contribution is -0.118. The fraction of sp³-hybridized carbons (Fsp3) is 0.115. The average Bonchev–Trinajstić information content (AvgIpc) is 2.87. The number of nitrogens with zero attached hydrogens (tertiary/aromatic N) is 1. The number of carbonyl (C=O) groups excluding carboxylic acids is 1. The molecule has 1 heterocycles. The summed E-state index contributed by atoms with van der Waals surface area (Å²) in [4.78, 5) is 31.1. The summed E-state index contributed by atoms with van der Waals surface area (Å²) in [6.45, 7) is 1.43. The normalized spacial score (nSPS) is 11.0. The molecule has 0 saturated carbocycles. The van der Waals surface area contributed by atoms with Crippen LogP contribution in [0.1, 0.15) is 5.69 Å². The summed E-state index contributed by atoms with van der Waals surface area (Å²) < 4.78 is 38.3. The number of rotatable bonds is 9. The monoisotopic (exact) mass is 520 g/mol. The number of nitrogens with one attached hydrogen (secondary N) is 3. The first-order valence-electron chi connectivity index (χ1n) is 11.1. The van der Waals surface area contributed by atoms with Gasteiger partial charge in [-0.3, -0.25) is 14.3 Å². The number of aryl methyl sites for hydroxylation is 1. The van der Waals surface area contributed by atoms with Gasteiger partial charge in [-0.05, 0) is 67.6 Å². The van der Waals surface area contributed by atoms with Crippen LogP contribution in [0.4, 0.5) is 11.4 Å². The first-order valence-corrected chi connectivity index (χ1v) is 12.6. The van der Waals surface area contributed by atoms with Gasteiger partial charge in [0.05, 0.1) is 12.0 Å². The third-order valence-corrected chi connectivity index (χ3v) is 6.53. The van der Waals surface area contributed by atoms with Gasteiger partial charge in [-0.2, -0.15) is 0 Å². The number of methoxy groups -OCH3 is 1. The lowest BCUT2D eigenvalue weighted by Gasteiger charge is -2.11. The van der Waals surface area contributed by atoms with Gasteiger partial charge in [0.2, 0.25) is 0 Å². The molecule has 0 unspecified atom stereocenters. The molecule has 1 aromatic heterocycles. The van der Waals surface area contributed by atoms with E-state index < -0.39 is 15.9 Å². The fourth-order valence-corrected chi connectivity index (χ4v) is 4.45. The molecule has 4 aromatic rings. The van der Waals surface area contributed by atoms with E-state index in [2.05, 4.69) is 20.0 Å². The van der Waals surface area contributed by atoms with Crippen LogP contribution >= 0.6 is 0 Å². The largest absolute Gasteiger partial charge is 0.497 e. The average molecular weight is 521 g/mol. The molecule has 0 aliphatic rings. The first-order chi connectivity index (χ1) is 17.7. The molecule has 4 rings (SSSR count). The summed E-state index contributed by atoms with van der Waals surface area (Å²) in [5, 5.41) is 2.72. The highest BCUT2D eigenvalue weighted by Crippen LogP contribution is 2.22. The van der Waals surface area contributed by atoms with Gasteiger partial charge < -0.3 is 19.8 Å². The Morgan fingerprint density at radius 1 is 0.946 bits per heavy atom. The van der Waals surface area contributed by atoms with Crippen molar-refractivity contribution in [3.63, 3.8) is 0 Å². The molecular formula is C26H24N4O6S. The molecule has 0 atom stereocenters. The standard InChI is InChI=1S/C26H24N4O6S/c1-17-14-24(31)29-26(27-17)18-4-3-5-20(15-18)28-25(32)16-36-22-10-12-23(13-11-22)37(33,34)30-19-6-8-21(35-2)9-7-19/h3-15,30H,16H2,1-2H3,(H,28,32)(H,27,29,31). The highest BCUT2D eigenvalue weighted by atomic mass is 32.2. The Kier molecular flexibility index (Phi) is 7.54. The predicted molar refractivity (Wildman–Crippen MR) is 139 cm³/mol. The van der Waals surface area contributed by atoms with Crippen LogP contribution in [0, 0.1) is 6.92 Å². The molecule has 11 heteroatoms. The van der Waals surface area contributed by atoms with Crippen molar-refractivity contribution in [1.82, 2.24) is 9.97 Å². The maximum absolute atomic E-state index is 12.6. The van der Waals surface area contributed by atoms with E-state index in [0.29, 0.717) is 40.0 Å². The van der Waals surface area contributed by atoms with Crippen molar-refractivity contribution in [1.29, 1.82) is 0 Å². The van der Waals surface area contributed by atoms with Gasteiger partial charge in [0.15, 0.2) is 6.61 Å². The van der Waals surface area contributed by atoms with E-state index in [9.17, 15) is 18.0 Å². The molecule has 1 amide bonds. The second-order valence-corrected chi connectivity index (χ2v) is 9.64. The second kappa shape index (κ2) is 11.0. The number of aromatic amines is 1. The van der Waals surface area contributed by atoms with Gasteiger partial charge in [0.25, 0.3) is 21.5 Å². The predicted octanol–water partition coefficient (Wildman–Crippen LogP) is 3.57. The number of anilines is 2. The van der Waals surface area contributed by atoms with Gasteiger partial charge in [-0.1, -0.05) is 12.1 Å². The number of ether oxygens (including phenoxy) is 2. The van der Waals surface area contributed by atoms with Crippen LogP contribution in [-0.4, -0.2) is 38.0 Å². The third kappa shape index (κ3) is 6.73. The van der Waals surface area contributed by atoms with Gasteiger partial charge >= 0.3 is 0 Å². The molecule has 0 fully saturated rings. The number of carbonyl (C=O) groups is 1. The number of H-pyrrole nitrogens is 1. The summed E-state index contributed by atoms with van der Waals surface area (Å²) in [6, 6.07) is 20.5.